The number of hydrogen-bond donors (Lipinski definition) is 2. The third-order valence-corrected chi connectivity index (χ3v) is 6.54. The number of likely N-dealkylation sites (tertiary alicyclic amines) is 2. The van der Waals surface area contributed by atoms with Gasteiger partial charge in [0, 0.05) is 51.2 Å². The standard InChI is InChI=1S/C26H43N5O.HI/c1-6-27-26(29-24-11-12-31(18-24)25(32)19(2)3)28-14-22-9-7-8-10-23(22)17-30-15-20(4)13-21(5)16-30;/h7-10,19-21,24H,6,11-18H2,1-5H3,(H2,27,28,29);1H. The lowest BCUT2D eigenvalue weighted by Gasteiger charge is -2.35. The van der Waals surface area contributed by atoms with Crippen molar-refractivity contribution in [1.82, 2.24) is 20.4 Å². The molecular weight excluding hydrogens is 525 g/mol. The van der Waals surface area contributed by atoms with Crippen LogP contribution >= 0.6 is 24.0 Å². The normalized spacial score (nSPS) is 24.0. The van der Waals surface area contributed by atoms with Gasteiger partial charge in [0.25, 0.3) is 0 Å². The van der Waals surface area contributed by atoms with Crippen molar-refractivity contribution in [3.63, 3.8) is 0 Å². The van der Waals surface area contributed by atoms with E-state index in [2.05, 4.69) is 60.6 Å². The van der Waals surface area contributed by atoms with E-state index in [1.165, 1.54) is 30.6 Å². The third kappa shape index (κ3) is 8.42. The lowest BCUT2D eigenvalue weighted by molar-refractivity contribution is -0.133. The van der Waals surface area contributed by atoms with Gasteiger partial charge in [0.1, 0.15) is 0 Å². The Hall–Kier alpha value is -1.35. The zero-order valence-corrected chi connectivity index (χ0v) is 23.5. The molecule has 2 heterocycles. The smallest absolute Gasteiger partial charge is 0.225 e. The van der Waals surface area contributed by atoms with Crippen LogP contribution in [0.3, 0.4) is 0 Å². The molecule has 2 aliphatic rings. The Morgan fingerprint density at radius 3 is 2.42 bits per heavy atom. The zero-order valence-electron chi connectivity index (χ0n) is 21.1. The second kappa shape index (κ2) is 13.5. The zero-order chi connectivity index (χ0) is 23.1. The summed E-state index contributed by atoms with van der Waals surface area (Å²) in [6.07, 6.45) is 2.30. The van der Waals surface area contributed by atoms with E-state index in [1.54, 1.807) is 0 Å². The van der Waals surface area contributed by atoms with Crippen molar-refractivity contribution in [1.29, 1.82) is 0 Å². The largest absolute Gasteiger partial charge is 0.357 e. The van der Waals surface area contributed by atoms with Crippen molar-refractivity contribution in [2.24, 2.45) is 22.7 Å². The molecule has 2 aliphatic heterocycles. The third-order valence-electron chi connectivity index (χ3n) is 6.54. The number of halogens is 1. The molecule has 3 rings (SSSR count). The predicted octanol–water partition coefficient (Wildman–Crippen LogP) is 4.09. The van der Waals surface area contributed by atoms with Crippen molar-refractivity contribution in [2.75, 3.05) is 32.7 Å². The van der Waals surface area contributed by atoms with Gasteiger partial charge in [0.15, 0.2) is 5.96 Å². The van der Waals surface area contributed by atoms with E-state index in [0.29, 0.717) is 6.54 Å². The van der Waals surface area contributed by atoms with Crippen molar-refractivity contribution < 1.29 is 4.79 Å². The van der Waals surface area contributed by atoms with Gasteiger partial charge in [0.05, 0.1) is 6.54 Å². The van der Waals surface area contributed by atoms with Crippen LogP contribution in [-0.4, -0.2) is 60.4 Å². The van der Waals surface area contributed by atoms with Crippen LogP contribution in [-0.2, 0) is 17.9 Å². The van der Waals surface area contributed by atoms with Gasteiger partial charge in [-0.15, -0.1) is 24.0 Å². The lowest BCUT2D eigenvalue weighted by Crippen LogP contribution is -2.45. The van der Waals surface area contributed by atoms with Gasteiger partial charge < -0.3 is 15.5 Å². The Morgan fingerprint density at radius 1 is 1.12 bits per heavy atom. The molecule has 33 heavy (non-hydrogen) atoms. The van der Waals surface area contributed by atoms with E-state index in [9.17, 15) is 4.79 Å². The van der Waals surface area contributed by atoms with Crippen LogP contribution in [0, 0.1) is 17.8 Å². The number of amides is 1. The first-order valence-electron chi connectivity index (χ1n) is 12.5. The molecule has 0 aliphatic carbocycles. The van der Waals surface area contributed by atoms with Gasteiger partial charge >= 0.3 is 0 Å². The van der Waals surface area contributed by atoms with Crippen LogP contribution in [0.25, 0.3) is 0 Å². The second-order valence-corrected chi connectivity index (χ2v) is 10.2. The molecule has 3 unspecified atom stereocenters. The quantitative estimate of drug-likeness (QED) is 0.295. The summed E-state index contributed by atoms with van der Waals surface area (Å²) in [6, 6.07) is 8.96. The Balaban J connectivity index is 0.00000385. The van der Waals surface area contributed by atoms with E-state index < -0.39 is 0 Å². The number of nitrogens with one attached hydrogen (secondary N) is 2. The maximum atomic E-state index is 12.3. The van der Waals surface area contributed by atoms with Gasteiger partial charge in [-0.25, -0.2) is 4.99 Å². The van der Waals surface area contributed by atoms with Crippen molar-refractivity contribution in [3.05, 3.63) is 35.4 Å². The highest BCUT2D eigenvalue weighted by atomic mass is 127. The molecule has 1 aromatic carbocycles. The number of nitrogens with zero attached hydrogens (tertiary/aromatic N) is 3. The fraction of sp³-hybridized carbons (Fsp3) is 0.692. The van der Waals surface area contributed by atoms with Crippen LogP contribution < -0.4 is 10.6 Å². The molecule has 2 N–H and O–H groups in total. The first-order valence-corrected chi connectivity index (χ1v) is 12.5. The number of guanidine groups is 1. The summed E-state index contributed by atoms with van der Waals surface area (Å²) < 4.78 is 0. The molecule has 1 aromatic rings. The molecule has 0 saturated carbocycles. The van der Waals surface area contributed by atoms with Crippen molar-refractivity contribution in [2.45, 2.75) is 66.6 Å². The molecule has 0 spiro atoms. The fourth-order valence-electron chi connectivity index (χ4n) is 5.15. The van der Waals surface area contributed by atoms with Gasteiger partial charge in [-0.05, 0) is 42.7 Å². The van der Waals surface area contributed by atoms with Crippen molar-refractivity contribution in [3.8, 4) is 0 Å². The summed E-state index contributed by atoms with van der Waals surface area (Å²) in [4.78, 5) is 21.8. The van der Waals surface area contributed by atoms with Gasteiger partial charge in [-0.3, -0.25) is 9.69 Å². The minimum atomic E-state index is 0. The average molecular weight is 570 g/mol. The first kappa shape index (κ1) is 27.9. The van der Waals surface area contributed by atoms with Crippen LogP contribution in [0.15, 0.2) is 29.3 Å². The second-order valence-electron chi connectivity index (χ2n) is 10.2. The molecular formula is C26H44IN5O. The number of hydrogen-bond acceptors (Lipinski definition) is 3. The molecule has 2 saturated heterocycles. The highest BCUT2D eigenvalue weighted by Gasteiger charge is 2.28. The lowest BCUT2D eigenvalue weighted by atomic mass is 9.91. The maximum Gasteiger partial charge on any atom is 0.225 e. The number of rotatable bonds is 7. The van der Waals surface area contributed by atoms with Gasteiger partial charge in [-0.2, -0.15) is 0 Å². The Kier molecular flexibility index (Phi) is 11.4. The molecule has 6 nitrogen and oxygen atoms in total. The number of carbonyl (C=O) groups excluding carboxylic acids is 1. The molecule has 0 radical (unpaired) electrons. The summed E-state index contributed by atoms with van der Waals surface area (Å²) in [7, 11) is 0. The number of aliphatic imine (C=N–C) groups is 1. The first-order chi connectivity index (χ1) is 15.4. The number of piperidine rings is 1. The van der Waals surface area contributed by atoms with Crippen LogP contribution in [0.5, 0.6) is 0 Å². The molecule has 0 aromatic heterocycles. The summed E-state index contributed by atoms with van der Waals surface area (Å²) in [5.74, 6) is 2.67. The van der Waals surface area contributed by atoms with E-state index in [-0.39, 0.29) is 41.8 Å². The van der Waals surface area contributed by atoms with E-state index in [0.717, 1.165) is 50.4 Å². The Morgan fingerprint density at radius 2 is 1.79 bits per heavy atom. The summed E-state index contributed by atoms with van der Waals surface area (Å²) >= 11 is 0. The van der Waals surface area contributed by atoms with Gasteiger partial charge in [-0.1, -0.05) is 52.0 Å². The summed E-state index contributed by atoms with van der Waals surface area (Å²) in [5, 5.41) is 6.94. The molecule has 3 atom stereocenters. The topological polar surface area (TPSA) is 60.0 Å². The molecule has 2 fully saturated rings. The summed E-state index contributed by atoms with van der Waals surface area (Å²) in [5.41, 5.74) is 2.67. The Labute approximate surface area is 218 Å². The molecule has 1 amide bonds. The molecule has 0 bridgehead atoms. The van der Waals surface area contributed by atoms with E-state index in [4.69, 9.17) is 4.99 Å². The minimum absolute atomic E-state index is 0. The van der Waals surface area contributed by atoms with Crippen molar-refractivity contribution >= 4 is 35.8 Å². The highest BCUT2D eigenvalue weighted by molar-refractivity contribution is 14.0. The van der Waals surface area contributed by atoms with E-state index >= 15 is 0 Å². The molecule has 7 heteroatoms. The predicted molar refractivity (Wildman–Crippen MR) is 148 cm³/mol. The molecule has 186 valence electrons. The monoisotopic (exact) mass is 569 g/mol. The van der Waals surface area contributed by atoms with Gasteiger partial charge in [0.2, 0.25) is 5.91 Å². The van der Waals surface area contributed by atoms with E-state index in [1.807, 2.05) is 18.7 Å². The average Bonchev–Trinajstić information content (AvgIpc) is 3.20. The number of benzene rings is 1. The van der Waals surface area contributed by atoms with Crippen LogP contribution in [0.4, 0.5) is 0 Å². The SMILES string of the molecule is CCNC(=NCc1ccccc1CN1CC(C)CC(C)C1)NC1CCN(C(=O)C(C)C)C1.I. The number of carbonyl (C=O) groups is 1. The fourth-order valence-corrected chi connectivity index (χ4v) is 5.15. The summed E-state index contributed by atoms with van der Waals surface area (Å²) in [6.45, 7) is 17.2. The minimum Gasteiger partial charge on any atom is -0.357 e. The van der Waals surface area contributed by atoms with Crippen LogP contribution in [0.1, 0.15) is 58.6 Å². The maximum absolute atomic E-state index is 12.3. The van der Waals surface area contributed by atoms with Crippen LogP contribution in [0.2, 0.25) is 0 Å². The Bertz CT molecular complexity index is 774. The highest BCUT2D eigenvalue weighted by Crippen LogP contribution is 2.23.